The normalized spacial score (nSPS) is 37.4. The number of aliphatic imine (C=N–C) groups is 1. The van der Waals surface area contributed by atoms with E-state index in [1.807, 2.05) is 13.8 Å². The van der Waals surface area contributed by atoms with Gasteiger partial charge in [0.05, 0.1) is 6.04 Å². The molecule has 1 aliphatic rings. The Morgan fingerprint density at radius 3 is 2.21 bits per heavy atom. The van der Waals surface area contributed by atoms with Crippen LogP contribution in [-0.4, -0.2) is 17.4 Å². The highest BCUT2D eigenvalue weighted by atomic mass is 35.5. The van der Waals surface area contributed by atoms with Gasteiger partial charge in [0.15, 0.2) is 0 Å². The Balaban J connectivity index is 2.72. The number of halogens is 1. The van der Waals surface area contributed by atoms with Gasteiger partial charge < -0.3 is 0 Å². The molecule has 0 aromatic rings. The molecule has 2 unspecified atom stereocenters. The third-order valence-corrected chi connectivity index (χ3v) is 3.26. The van der Waals surface area contributed by atoms with Gasteiger partial charge in [-0.25, -0.2) is 9.79 Å². The van der Waals surface area contributed by atoms with Crippen LogP contribution in [0.15, 0.2) is 4.99 Å². The van der Waals surface area contributed by atoms with E-state index in [0.29, 0.717) is 0 Å². The molecule has 0 heterocycles. The second-order valence-electron chi connectivity index (χ2n) is 4.13. The van der Waals surface area contributed by atoms with Crippen LogP contribution in [0.2, 0.25) is 0 Å². The lowest BCUT2D eigenvalue weighted by Gasteiger charge is -2.34. The van der Waals surface area contributed by atoms with E-state index in [0.717, 1.165) is 12.8 Å². The van der Waals surface area contributed by atoms with Crippen molar-refractivity contribution in [3.63, 3.8) is 0 Å². The topological polar surface area (TPSA) is 46.5 Å². The molecule has 78 valence electrons. The molecule has 0 spiro atoms. The van der Waals surface area contributed by atoms with Gasteiger partial charge in [-0.2, -0.15) is 0 Å². The number of carbonyl (C=O) groups is 1. The number of isocyanates is 1. The molecule has 1 rings (SSSR count). The van der Waals surface area contributed by atoms with Crippen molar-refractivity contribution in [3.05, 3.63) is 0 Å². The molecule has 0 bridgehead atoms. The smallest absolute Gasteiger partial charge is 0.235 e. The summed E-state index contributed by atoms with van der Waals surface area (Å²) in [5.74, 6) is 0.312. The van der Waals surface area contributed by atoms with Gasteiger partial charge in [0.1, 0.15) is 0 Å². The van der Waals surface area contributed by atoms with Crippen LogP contribution in [-0.2, 0) is 9.59 Å². The van der Waals surface area contributed by atoms with Crippen LogP contribution in [0.1, 0.15) is 26.7 Å². The van der Waals surface area contributed by atoms with Crippen LogP contribution >= 0.6 is 11.6 Å². The summed E-state index contributed by atoms with van der Waals surface area (Å²) in [7, 11) is 0. The van der Waals surface area contributed by atoms with Crippen molar-refractivity contribution in [1.82, 2.24) is 0 Å². The Kier molecular flexibility index (Phi) is 3.85. The molecule has 0 aromatic carbocycles. The predicted octanol–water partition coefficient (Wildman–Crippen LogP) is 2.14. The van der Waals surface area contributed by atoms with E-state index in [-0.39, 0.29) is 29.0 Å². The van der Waals surface area contributed by atoms with Crippen molar-refractivity contribution < 1.29 is 9.59 Å². The van der Waals surface area contributed by atoms with Crippen LogP contribution in [0.5, 0.6) is 0 Å². The molecular formula is C10H14ClNO2. The zero-order valence-corrected chi connectivity index (χ0v) is 9.12. The fourth-order valence-electron chi connectivity index (χ4n) is 2.44. The van der Waals surface area contributed by atoms with Crippen molar-refractivity contribution in [3.8, 4) is 0 Å². The molecule has 4 heteroatoms. The summed E-state index contributed by atoms with van der Waals surface area (Å²) in [6, 6.07) is 0.0183. The fraction of sp³-hybridized carbons (Fsp3) is 0.800. The highest BCUT2D eigenvalue weighted by molar-refractivity contribution is 6.64. The zero-order chi connectivity index (χ0) is 10.7. The van der Waals surface area contributed by atoms with Crippen LogP contribution in [0.3, 0.4) is 0 Å². The summed E-state index contributed by atoms with van der Waals surface area (Å²) < 4.78 is 0. The van der Waals surface area contributed by atoms with E-state index in [4.69, 9.17) is 11.6 Å². The van der Waals surface area contributed by atoms with Crippen molar-refractivity contribution in [2.45, 2.75) is 32.7 Å². The average Bonchev–Trinajstić information content (AvgIpc) is 2.01. The number of nitrogens with zero attached hydrogens (tertiary/aromatic N) is 1. The Labute approximate surface area is 88.5 Å². The van der Waals surface area contributed by atoms with E-state index in [9.17, 15) is 9.59 Å². The lowest BCUT2D eigenvalue weighted by molar-refractivity contribution is -0.119. The van der Waals surface area contributed by atoms with Crippen molar-refractivity contribution >= 4 is 22.9 Å². The van der Waals surface area contributed by atoms with Crippen LogP contribution < -0.4 is 0 Å². The van der Waals surface area contributed by atoms with Gasteiger partial charge in [-0.05, 0) is 36.3 Å². The maximum atomic E-state index is 11.1. The van der Waals surface area contributed by atoms with E-state index >= 15 is 0 Å². The average molecular weight is 216 g/mol. The van der Waals surface area contributed by atoms with Gasteiger partial charge in [-0.15, -0.1) is 0 Å². The Bertz CT molecular complexity index is 261. The molecule has 1 saturated carbocycles. The van der Waals surface area contributed by atoms with Gasteiger partial charge in [-0.1, -0.05) is 13.8 Å². The second-order valence-corrected chi connectivity index (χ2v) is 4.50. The molecule has 3 nitrogen and oxygen atoms in total. The van der Waals surface area contributed by atoms with E-state index in [1.165, 1.54) is 0 Å². The van der Waals surface area contributed by atoms with Gasteiger partial charge in [0.25, 0.3) is 0 Å². The Hall–Kier alpha value is -0.660. The molecular weight excluding hydrogens is 202 g/mol. The standard InChI is InChI=1S/C10H14ClNO2/c1-6-3-8(12-5-13)4-7(2)9(6)10(11)14/h6-9H,3-4H2,1-2H3. The molecule has 0 radical (unpaired) electrons. The van der Waals surface area contributed by atoms with Crippen molar-refractivity contribution in [1.29, 1.82) is 0 Å². The number of hydrogen-bond acceptors (Lipinski definition) is 3. The van der Waals surface area contributed by atoms with Crippen molar-refractivity contribution in [2.75, 3.05) is 0 Å². The second kappa shape index (κ2) is 4.72. The summed E-state index contributed by atoms with van der Waals surface area (Å²) in [6.07, 6.45) is 3.09. The SMILES string of the molecule is CC1CC(N=C=O)CC(C)C1C(=O)Cl. The predicted molar refractivity (Wildman–Crippen MR) is 53.8 cm³/mol. The molecule has 2 atom stereocenters. The monoisotopic (exact) mass is 215 g/mol. The number of carbonyl (C=O) groups excluding carboxylic acids is 2. The summed E-state index contributed by atoms with van der Waals surface area (Å²) in [4.78, 5) is 25.0. The maximum absolute atomic E-state index is 11.1. The van der Waals surface area contributed by atoms with Crippen LogP contribution in [0, 0.1) is 17.8 Å². The molecule has 1 fully saturated rings. The summed E-state index contributed by atoms with van der Waals surface area (Å²) in [6.45, 7) is 3.96. The highest BCUT2D eigenvalue weighted by Gasteiger charge is 2.36. The first-order valence-corrected chi connectivity index (χ1v) is 5.20. The third kappa shape index (κ3) is 2.43. The van der Waals surface area contributed by atoms with Gasteiger partial charge in [0, 0.05) is 5.92 Å². The first-order valence-electron chi connectivity index (χ1n) is 4.82. The molecule has 1 aliphatic carbocycles. The molecule has 0 amide bonds. The quantitative estimate of drug-likeness (QED) is 0.403. The third-order valence-electron chi connectivity index (χ3n) is 3.01. The molecule has 0 N–H and O–H groups in total. The minimum absolute atomic E-state index is 0.0183. The molecule has 14 heavy (non-hydrogen) atoms. The molecule has 0 aromatic heterocycles. The van der Waals surface area contributed by atoms with Gasteiger partial charge >= 0.3 is 0 Å². The van der Waals surface area contributed by atoms with Crippen molar-refractivity contribution in [2.24, 2.45) is 22.7 Å². The van der Waals surface area contributed by atoms with E-state index in [2.05, 4.69) is 4.99 Å². The zero-order valence-electron chi connectivity index (χ0n) is 8.37. The summed E-state index contributed by atoms with van der Waals surface area (Å²) in [5.41, 5.74) is 0. The largest absolute Gasteiger partial charge is 0.281 e. The lowest BCUT2D eigenvalue weighted by Crippen LogP contribution is -2.35. The minimum atomic E-state index is -0.265. The maximum Gasteiger partial charge on any atom is 0.235 e. The summed E-state index contributed by atoms with van der Waals surface area (Å²) >= 11 is 5.52. The summed E-state index contributed by atoms with van der Waals surface area (Å²) in [5, 5.41) is -0.265. The van der Waals surface area contributed by atoms with Crippen LogP contribution in [0.4, 0.5) is 0 Å². The van der Waals surface area contributed by atoms with Gasteiger partial charge in [0.2, 0.25) is 11.3 Å². The molecule has 0 aliphatic heterocycles. The minimum Gasteiger partial charge on any atom is -0.281 e. The fourth-order valence-corrected chi connectivity index (χ4v) is 2.87. The van der Waals surface area contributed by atoms with E-state index in [1.54, 1.807) is 6.08 Å². The lowest BCUT2D eigenvalue weighted by atomic mass is 9.72. The first kappa shape index (κ1) is 11.4. The van der Waals surface area contributed by atoms with Crippen LogP contribution in [0.25, 0.3) is 0 Å². The number of hydrogen-bond donors (Lipinski definition) is 0. The number of rotatable bonds is 2. The Morgan fingerprint density at radius 2 is 1.86 bits per heavy atom. The Morgan fingerprint density at radius 1 is 1.36 bits per heavy atom. The first-order chi connectivity index (χ1) is 6.56. The van der Waals surface area contributed by atoms with E-state index < -0.39 is 0 Å². The molecule has 0 saturated heterocycles. The van der Waals surface area contributed by atoms with Gasteiger partial charge in [-0.3, -0.25) is 4.79 Å². The highest BCUT2D eigenvalue weighted by Crippen LogP contribution is 2.37.